The zero-order valence-electron chi connectivity index (χ0n) is 15.9. The lowest BCUT2D eigenvalue weighted by Gasteiger charge is -2.36. The number of likely N-dealkylation sites (tertiary alicyclic amines) is 1. The maximum Gasteiger partial charge on any atom is 0.226 e. The number of nitrogens with zero attached hydrogens (tertiary/aromatic N) is 3. The van der Waals surface area contributed by atoms with Crippen LogP contribution in [0.15, 0.2) is 24.3 Å². The number of hydrogen-bond acceptors (Lipinski definition) is 3. The maximum atomic E-state index is 12.8. The van der Waals surface area contributed by atoms with Crippen LogP contribution >= 0.6 is 11.6 Å². The van der Waals surface area contributed by atoms with Crippen LogP contribution in [0.1, 0.15) is 26.2 Å². The smallest absolute Gasteiger partial charge is 0.226 e. The maximum absolute atomic E-state index is 12.8. The predicted octanol–water partition coefficient (Wildman–Crippen LogP) is 2.88. The van der Waals surface area contributed by atoms with Gasteiger partial charge < -0.3 is 14.7 Å². The van der Waals surface area contributed by atoms with Gasteiger partial charge in [-0.05, 0) is 43.4 Å². The molecule has 3 atom stereocenters. The summed E-state index contributed by atoms with van der Waals surface area (Å²) in [7, 11) is 0. The Hall–Kier alpha value is -1.75. The van der Waals surface area contributed by atoms with Gasteiger partial charge in [-0.15, -0.1) is 0 Å². The Morgan fingerprint density at radius 2 is 1.70 bits per heavy atom. The van der Waals surface area contributed by atoms with Crippen LogP contribution < -0.4 is 4.90 Å². The third-order valence-corrected chi connectivity index (χ3v) is 6.39. The molecule has 3 aliphatic rings. The van der Waals surface area contributed by atoms with Gasteiger partial charge in [-0.25, -0.2) is 0 Å². The van der Waals surface area contributed by atoms with E-state index in [1.165, 1.54) is 6.42 Å². The molecule has 6 heteroatoms. The van der Waals surface area contributed by atoms with Crippen LogP contribution in [0, 0.1) is 17.8 Å². The van der Waals surface area contributed by atoms with Crippen molar-refractivity contribution in [3.8, 4) is 0 Å². The lowest BCUT2D eigenvalue weighted by atomic mass is 10.00. The molecule has 2 aliphatic heterocycles. The highest BCUT2D eigenvalue weighted by Crippen LogP contribution is 2.42. The first-order valence-corrected chi connectivity index (χ1v) is 10.5. The zero-order valence-corrected chi connectivity index (χ0v) is 16.7. The molecule has 1 aliphatic carbocycles. The first kappa shape index (κ1) is 18.6. The molecule has 146 valence electrons. The van der Waals surface area contributed by atoms with Crippen LogP contribution in [0.3, 0.4) is 0 Å². The number of rotatable bonds is 3. The van der Waals surface area contributed by atoms with Gasteiger partial charge in [-0.2, -0.15) is 0 Å². The van der Waals surface area contributed by atoms with Gasteiger partial charge in [0.05, 0.1) is 11.8 Å². The molecule has 0 aromatic heterocycles. The summed E-state index contributed by atoms with van der Waals surface area (Å²) in [6.07, 6.45) is 3.02. The normalized spacial score (nSPS) is 28.2. The van der Waals surface area contributed by atoms with Gasteiger partial charge in [0.15, 0.2) is 0 Å². The van der Waals surface area contributed by atoms with Crippen LogP contribution in [0.25, 0.3) is 0 Å². The molecule has 5 nitrogen and oxygen atoms in total. The summed E-state index contributed by atoms with van der Waals surface area (Å²) in [6.45, 7) is 6.96. The summed E-state index contributed by atoms with van der Waals surface area (Å²) in [6, 6.07) is 7.85. The number of amides is 2. The van der Waals surface area contributed by atoms with Crippen molar-refractivity contribution < 1.29 is 9.59 Å². The minimum absolute atomic E-state index is 0.0752. The fourth-order valence-corrected chi connectivity index (χ4v) is 4.64. The first-order valence-electron chi connectivity index (χ1n) is 10.1. The van der Waals surface area contributed by atoms with Crippen molar-refractivity contribution in [2.24, 2.45) is 17.8 Å². The summed E-state index contributed by atoms with van der Waals surface area (Å²) in [5.74, 6) is 0.790. The van der Waals surface area contributed by atoms with Crippen LogP contribution in [-0.2, 0) is 9.59 Å². The Morgan fingerprint density at radius 1 is 1.00 bits per heavy atom. The molecule has 0 N–H and O–H groups in total. The number of carbonyl (C=O) groups excluding carboxylic acids is 2. The van der Waals surface area contributed by atoms with E-state index >= 15 is 0 Å². The molecule has 0 spiro atoms. The van der Waals surface area contributed by atoms with Gasteiger partial charge in [-0.3, -0.25) is 9.59 Å². The number of carbonyl (C=O) groups is 2. The monoisotopic (exact) mass is 389 g/mol. The number of piperidine rings is 1. The zero-order chi connectivity index (χ0) is 19.0. The van der Waals surface area contributed by atoms with Gasteiger partial charge in [-0.1, -0.05) is 24.6 Å². The van der Waals surface area contributed by atoms with Crippen molar-refractivity contribution >= 4 is 29.1 Å². The van der Waals surface area contributed by atoms with Crippen molar-refractivity contribution in [1.82, 2.24) is 9.80 Å². The molecular formula is C21H28ClN3O2. The molecule has 1 aromatic carbocycles. The van der Waals surface area contributed by atoms with E-state index in [1.54, 1.807) is 0 Å². The van der Waals surface area contributed by atoms with Crippen molar-refractivity contribution in [3.05, 3.63) is 29.3 Å². The van der Waals surface area contributed by atoms with Gasteiger partial charge in [0.2, 0.25) is 11.8 Å². The molecule has 1 saturated carbocycles. The van der Waals surface area contributed by atoms with Crippen LogP contribution in [0.4, 0.5) is 5.69 Å². The van der Waals surface area contributed by atoms with E-state index < -0.39 is 0 Å². The molecule has 27 heavy (non-hydrogen) atoms. The summed E-state index contributed by atoms with van der Waals surface area (Å²) < 4.78 is 0. The van der Waals surface area contributed by atoms with E-state index in [1.807, 2.05) is 28.0 Å². The molecule has 2 amide bonds. The SMILES string of the molecule is CC1CCCN(C(=O)C2CC2C(=O)N2CCN(c3cccc(Cl)c3)CC2)C1. The minimum atomic E-state index is -0.0903. The van der Waals surface area contributed by atoms with Crippen molar-refractivity contribution in [2.45, 2.75) is 26.2 Å². The number of hydrogen-bond donors (Lipinski definition) is 0. The van der Waals surface area contributed by atoms with Gasteiger partial charge in [0, 0.05) is 50.0 Å². The highest BCUT2D eigenvalue weighted by molar-refractivity contribution is 6.30. The fraction of sp³-hybridized carbons (Fsp3) is 0.619. The molecule has 2 heterocycles. The molecular weight excluding hydrogens is 362 g/mol. The largest absolute Gasteiger partial charge is 0.368 e. The highest BCUT2D eigenvalue weighted by atomic mass is 35.5. The molecule has 2 saturated heterocycles. The van der Waals surface area contributed by atoms with E-state index in [0.717, 1.165) is 49.7 Å². The lowest BCUT2D eigenvalue weighted by molar-refractivity contribution is -0.139. The Balaban J connectivity index is 1.28. The molecule has 3 fully saturated rings. The second kappa shape index (κ2) is 7.70. The van der Waals surface area contributed by atoms with Crippen molar-refractivity contribution in [1.29, 1.82) is 0 Å². The molecule has 0 radical (unpaired) electrons. The number of halogens is 1. The van der Waals surface area contributed by atoms with Crippen LogP contribution in [-0.4, -0.2) is 60.9 Å². The fourth-order valence-electron chi connectivity index (χ4n) is 4.46. The molecule has 1 aromatic rings. The third-order valence-electron chi connectivity index (χ3n) is 6.16. The standard InChI is InChI=1S/C21H28ClN3O2/c1-15-4-3-7-25(14-15)21(27)19-13-18(19)20(26)24-10-8-23(9-11-24)17-6-2-5-16(22)12-17/h2,5-6,12,15,18-19H,3-4,7-11,13-14H2,1H3. The quantitative estimate of drug-likeness (QED) is 0.798. The third kappa shape index (κ3) is 4.08. The second-order valence-corrected chi connectivity index (χ2v) is 8.71. The lowest BCUT2D eigenvalue weighted by Crippen LogP contribution is -2.49. The summed E-state index contributed by atoms with van der Waals surface area (Å²) >= 11 is 6.08. The Labute approximate surface area is 166 Å². The summed E-state index contributed by atoms with van der Waals surface area (Å²) in [5, 5.41) is 0.734. The Kier molecular flexibility index (Phi) is 5.31. The Bertz CT molecular complexity index is 717. The number of anilines is 1. The number of benzene rings is 1. The van der Waals surface area contributed by atoms with E-state index in [0.29, 0.717) is 19.0 Å². The topological polar surface area (TPSA) is 43.9 Å². The molecule has 3 unspecified atom stereocenters. The number of piperazine rings is 1. The highest BCUT2D eigenvalue weighted by Gasteiger charge is 2.51. The van der Waals surface area contributed by atoms with Crippen molar-refractivity contribution in [2.75, 3.05) is 44.2 Å². The first-order chi connectivity index (χ1) is 13.0. The van der Waals surface area contributed by atoms with Crippen LogP contribution in [0.5, 0.6) is 0 Å². The van der Waals surface area contributed by atoms with Gasteiger partial charge in [0.25, 0.3) is 0 Å². The van der Waals surface area contributed by atoms with Crippen LogP contribution in [0.2, 0.25) is 5.02 Å². The average molecular weight is 390 g/mol. The van der Waals surface area contributed by atoms with E-state index in [9.17, 15) is 9.59 Å². The molecule has 4 rings (SSSR count). The van der Waals surface area contributed by atoms with E-state index in [4.69, 9.17) is 11.6 Å². The second-order valence-electron chi connectivity index (χ2n) is 8.27. The van der Waals surface area contributed by atoms with Crippen molar-refractivity contribution in [3.63, 3.8) is 0 Å². The van der Waals surface area contributed by atoms with E-state index in [-0.39, 0.29) is 23.7 Å². The predicted molar refractivity (Wildman–Crippen MR) is 107 cm³/mol. The average Bonchev–Trinajstić information content (AvgIpc) is 3.48. The Morgan fingerprint density at radius 3 is 2.37 bits per heavy atom. The summed E-state index contributed by atoms with van der Waals surface area (Å²) in [5.41, 5.74) is 1.10. The van der Waals surface area contributed by atoms with Gasteiger partial charge in [0.1, 0.15) is 0 Å². The van der Waals surface area contributed by atoms with Gasteiger partial charge >= 0.3 is 0 Å². The summed E-state index contributed by atoms with van der Waals surface area (Å²) in [4.78, 5) is 31.7. The van der Waals surface area contributed by atoms with E-state index in [2.05, 4.69) is 17.9 Å². The minimum Gasteiger partial charge on any atom is -0.368 e. The molecule has 0 bridgehead atoms.